The van der Waals surface area contributed by atoms with Crippen molar-refractivity contribution >= 4 is 11.5 Å². The topological polar surface area (TPSA) is 72.5 Å². The van der Waals surface area contributed by atoms with Crippen LogP contribution in [0.3, 0.4) is 0 Å². The number of methoxy groups -OCH3 is 1. The van der Waals surface area contributed by atoms with Crippen molar-refractivity contribution in [2.75, 3.05) is 12.8 Å². The van der Waals surface area contributed by atoms with Crippen LogP contribution in [0.2, 0.25) is 0 Å². The number of phenolic OH excluding ortho intramolecular Hbond substituents is 1. The van der Waals surface area contributed by atoms with Gasteiger partial charge in [0.2, 0.25) is 0 Å². The molecule has 2 rings (SSSR count). The Balaban J connectivity index is 2.42. The van der Waals surface area contributed by atoms with Crippen LogP contribution in [-0.4, -0.2) is 18.0 Å². The number of phenols is 1. The van der Waals surface area contributed by atoms with Crippen molar-refractivity contribution in [3.05, 3.63) is 53.6 Å². The molecule has 0 bridgehead atoms. The van der Waals surface area contributed by atoms with E-state index >= 15 is 0 Å². The number of aromatic hydroxyl groups is 1. The first kappa shape index (κ1) is 12.0. The van der Waals surface area contributed by atoms with Crippen molar-refractivity contribution in [3.63, 3.8) is 0 Å². The fourth-order valence-electron chi connectivity index (χ4n) is 1.61. The van der Waals surface area contributed by atoms with Crippen LogP contribution in [-0.2, 0) is 0 Å². The molecule has 0 unspecified atom stereocenters. The smallest absolute Gasteiger partial charge is 0.196 e. The molecule has 0 saturated heterocycles. The van der Waals surface area contributed by atoms with E-state index < -0.39 is 0 Å². The second-order valence-corrected chi connectivity index (χ2v) is 3.83. The zero-order valence-electron chi connectivity index (χ0n) is 9.88. The zero-order valence-corrected chi connectivity index (χ0v) is 9.88. The van der Waals surface area contributed by atoms with Crippen molar-refractivity contribution in [1.82, 2.24) is 0 Å². The van der Waals surface area contributed by atoms with E-state index in [9.17, 15) is 9.90 Å². The van der Waals surface area contributed by atoms with Gasteiger partial charge in [0.25, 0.3) is 0 Å². The maximum absolute atomic E-state index is 12.2. The van der Waals surface area contributed by atoms with E-state index in [2.05, 4.69) is 0 Å². The number of hydrogen-bond donors (Lipinski definition) is 2. The third-order valence-corrected chi connectivity index (χ3v) is 2.62. The summed E-state index contributed by atoms with van der Waals surface area (Å²) in [7, 11) is 1.50. The van der Waals surface area contributed by atoms with Gasteiger partial charge in [0.1, 0.15) is 11.5 Å². The summed E-state index contributed by atoms with van der Waals surface area (Å²) in [6.07, 6.45) is 0. The van der Waals surface area contributed by atoms with E-state index in [1.54, 1.807) is 30.3 Å². The Morgan fingerprint density at radius 1 is 1.17 bits per heavy atom. The average Bonchev–Trinajstić information content (AvgIpc) is 2.39. The van der Waals surface area contributed by atoms with Crippen molar-refractivity contribution in [3.8, 4) is 11.5 Å². The number of carbonyl (C=O) groups is 1. The first-order chi connectivity index (χ1) is 8.61. The third kappa shape index (κ3) is 2.27. The highest BCUT2D eigenvalue weighted by molar-refractivity contribution is 6.11. The lowest BCUT2D eigenvalue weighted by Gasteiger charge is -2.06. The van der Waals surface area contributed by atoms with Crippen LogP contribution in [0.15, 0.2) is 42.5 Å². The Bertz CT molecular complexity index is 576. The Hall–Kier alpha value is -2.49. The summed E-state index contributed by atoms with van der Waals surface area (Å²) in [6, 6.07) is 11.1. The quantitative estimate of drug-likeness (QED) is 0.640. The summed E-state index contributed by atoms with van der Waals surface area (Å²) in [5.41, 5.74) is 6.82. The molecule has 0 saturated carbocycles. The molecule has 3 N–H and O–H groups in total. The molecule has 0 atom stereocenters. The Morgan fingerprint density at radius 2 is 1.83 bits per heavy atom. The van der Waals surface area contributed by atoms with Crippen LogP contribution in [0, 0.1) is 0 Å². The lowest BCUT2D eigenvalue weighted by Crippen LogP contribution is -2.02. The van der Waals surface area contributed by atoms with Gasteiger partial charge in [-0.1, -0.05) is 0 Å². The van der Waals surface area contributed by atoms with E-state index in [1.807, 2.05) is 0 Å². The molecule has 0 fully saturated rings. The minimum atomic E-state index is -0.272. The molecule has 4 heteroatoms. The lowest BCUT2D eigenvalue weighted by atomic mass is 10.0. The number of carbonyl (C=O) groups excluding carboxylic acids is 1. The maximum atomic E-state index is 12.2. The van der Waals surface area contributed by atoms with E-state index in [0.29, 0.717) is 17.0 Å². The molecule has 0 aliphatic carbocycles. The summed E-state index contributed by atoms with van der Waals surface area (Å²) < 4.78 is 5.03. The molecule has 2 aromatic carbocycles. The van der Waals surface area contributed by atoms with Crippen LogP contribution in [0.1, 0.15) is 15.9 Å². The Morgan fingerprint density at radius 3 is 2.44 bits per heavy atom. The van der Waals surface area contributed by atoms with Crippen LogP contribution < -0.4 is 10.5 Å². The van der Waals surface area contributed by atoms with Gasteiger partial charge in [-0.05, 0) is 42.5 Å². The minimum Gasteiger partial charge on any atom is -0.507 e. The van der Waals surface area contributed by atoms with Gasteiger partial charge in [-0.2, -0.15) is 0 Å². The number of nitrogen functional groups attached to an aromatic ring is 1. The van der Waals surface area contributed by atoms with Crippen LogP contribution in [0.25, 0.3) is 0 Å². The van der Waals surface area contributed by atoms with Gasteiger partial charge >= 0.3 is 0 Å². The molecule has 92 valence electrons. The number of ketones is 1. The highest BCUT2D eigenvalue weighted by atomic mass is 16.5. The Labute approximate surface area is 105 Å². The number of anilines is 1. The van der Waals surface area contributed by atoms with Gasteiger partial charge < -0.3 is 15.6 Å². The predicted molar refractivity (Wildman–Crippen MR) is 68.9 cm³/mol. The molecule has 18 heavy (non-hydrogen) atoms. The first-order valence-electron chi connectivity index (χ1n) is 5.39. The van der Waals surface area contributed by atoms with Gasteiger partial charge in [0.15, 0.2) is 5.78 Å². The summed E-state index contributed by atoms with van der Waals surface area (Å²) in [5, 5.41) is 9.72. The van der Waals surface area contributed by atoms with Crippen molar-refractivity contribution in [2.45, 2.75) is 0 Å². The third-order valence-electron chi connectivity index (χ3n) is 2.62. The summed E-state index contributed by atoms with van der Waals surface area (Å²) >= 11 is 0. The number of nitrogens with two attached hydrogens (primary N) is 1. The first-order valence-corrected chi connectivity index (χ1v) is 5.39. The second-order valence-electron chi connectivity index (χ2n) is 3.83. The van der Waals surface area contributed by atoms with Crippen molar-refractivity contribution in [1.29, 1.82) is 0 Å². The molecule has 0 aliphatic rings. The number of benzene rings is 2. The molecule has 0 heterocycles. The SMILES string of the molecule is COc1ccc(O)c(C(=O)c2ccc(N)cc2)c1. The molecule has 0 aromatic heterocycles. The van der Waals surface area contributed by atoms with Crippen LogP contribution in [0.5, 0.6) is 11.5 Å². The van der Waals surface area contributed by atoms with E-state index in [-0.39, 0.29) is 17.1 Å². The predicted octanol–water partition coefficient (Wildman–Crippen LogP) is 2.21. The van der Waals surface area contributed by atoms with Crippen molar-refractivity contribution < 1.29 is 14.6 Å². The average molecular weight is 243 g/mol. The summed E-state index contributed by atoms with van der Waals surface area (Å²) in [5.74, 6) is 0.177. The second kappa shape index (κ2) is 4.79. The number of rotatable bonds is 3. The van der Waals surface area contributed by atoms with Gasteiger partial charge in [-0.15, -0.1) is 0 Å². The van der Waals surface area contributed by atoms with E-state index in [1.165, 1.54) is 19.2 Å². The molecule has 0 aliphatic heterocycles. The number of ether oxygens (including phenoxy) is 1. The van der Waals surface area contributed by atoms with Gasteiger partial charge in [-0.25, -0.2) is 0 Å². The molecule has 0 amide bonds. The number of hydrogen-bond acceptors (Lipinski definition) is 4. The van der Waals surface area contributed by atoms with Crippen LogP contribution >= 0.6 is 0 Å². The molecular formula is C14H13NO3. The minimum absolute atomic E-state index is 0.0716. The highest BCUT2D eigenvalue weighted by Crippen LogP contribution is 2.25. The van der Waals surface area contributed by atoms with Crippen molar-refractivity contribution in [2.24, 2.45) is 0 Å². The molecule has 2 aromatic rings. The highest BCUT2D eigenvalue weighted by Gasteiger charge is 2.14. The Kier molecular flexibility index (Phi) is 3.19. The normalized spacial score (nSPS) is 10.1. The fraction of sp³-hybridized carbons (Fsp3) is 0.0714. The zero-order chi connectivity index (χ0) is 13.1. The van der Waals surface area contributed by atoms with Gasteiger partial charge in [0.05, 0.1) is 12.7 Å². The maximum Gasteiger partial charge on any atom is 0.196 e. The molecule has 4 nitrogen and oxygen atoms in total. The van der Waals surface area contributed by atoms with Crippen LogP contribution in [0.4, 0.5) is 5.69 Å². The van der Waals surface area contributed by atoms with E-state index in [0.717, 1.165) is 0 Å². The fourth-order valence-corrected chi connectivity index (χ4v) is 1.61. The summed E-state index contributed by atoms with van der Waals surface area (Å²) in [4.78, 5) is 12.2. The van der Waals surface area contributed by atoms with Gasteiger partial charge in [0, 0.05) is 11.3 Å². The monoisotopic (exact) mass is 243 g/mol. The molecular weight excluding hydrogens is 230 g/mol. The standard InChI is InChI=1S/C14H13NO3/c1-18-11-6-7-13(16)12(8-11)14(17)9-2-4-10(15)5-3-9/h2-8,16H,15H2,1H3. The van der Waals surface area contributed by atoms with Gasteiger partial charge in [-0.3, -0.25) is 4.79 Å². The summed E-state index contributed by atoms with van der Waals surface area (Å²) in [6.45, 7) is 0. The molecule has 0 spiro atoms. The largest absolute Gasteiger partial charge is 0.507 e. The van der Waals surface area contributed by atoms with E-state index in [4.69, 9.17) is 10.5 Å². The lowest BCUT2D eigenvalue weighted by molar-refractivity contribution is 0.103. The molecule has 0 radical (unpaired) electrons.